The fourth-order valence-corrected chi connectivity index (χ4v) is 2.26. The zero-order valence-corrected chi connectivity index (χ0v) is 11.9. The zero-order valence-electron chi connectivity index (χ0n) is 11.1. The van der Waals surface area contributed by atoms with Crippen LogP contribution in [0.25, 0.3) is 0 Å². The Balaban J connectivity index is 2.08. The molecule has 20 heavy (non-hydrogen) atoms. The van der Waals surface area contributed by atoms with Crippen LogP contribution >= 0.6 is 11.6 Å². The van der Waals surface area contributed by atoms with E-state index in [4.69, 9.17) is 11.6 Å². The molecule has 2 heterocycles. The van der Waals surface area contributed by atoms with Gasteiger partial charge in [0.05, 0.1) is 13.5 Å². The number of hydrogen-bond donors (Lipinski definition) is 1. The number of carbonyl (C=O) groups is 2. The number of rotatable bonds is 4. The summed E-state index contributed by atoms with van der Waals surface area (Å²) in [5.41, 5.74) is 0.943. The van der Waals surface area contributed by atoms with E-state index in [1.165, 1.54) is 7.11 Å². The molecule has 0 aromatic carbocycles. The third kappa shape index (κ3) is 3.68. The Morgan fingerprint density at radius 3 is 3.05 bits per heavy atom. The first-order valence-corrected chi connectivity index (χ1v) is 6.67. The van der Waals surface area contributed by atoms with Gasteiger partial charge < -0.3 is 10.1 Å². The Morgan fingerprint density at radius 1 is 1.60 bits per heavy atom. The summed E-state index contributed by atoms with van der Waals surface area (Å²) in [5, 5.41) is 3.19. The standard InChI is InChI=1S/C13H16ClN3O3/c1-20-12(18)6-10-13(19)15-4-5-17(10)8-9-2-3-11(14)16-7-9/h2-3,7,10H,4-6,8H2,1H3,(H,15,19). The van der Waals surface area contributed by atoms with Crippen molar-refractivity contribution < 1.29 is 14.3 Å². The number of nitrogens with one attached hydrogen (secondary N) is 1. The predicted octanol–water partition coefficient (Wildman–Crippen LogP) is 0.599. The number of hydrogen-bond acceptors (Lipinski definition) is 5. The molecule has 1 aromatic heterocycles. The third-order valence-electron chi connectivity index (χ3n) is 3.20. The summed E-state index contributed by atoms with van der Waals surface area (Å²) in [7, 11) is 1.32. The van der Waals surface area contributed by atoms with Crippen LogP contribution in [-0.2, 0) is 20.9 Å². The van der Waals surface area contributed by atoms with Gasteiger partial charge in [0.25, 0.3) is 0 Å². The van der Waals surface area contributed by atoms with Gasteiger partial charge in [0.1, 0.15) is 11.2 Å². The lowest BCUT2D eigenvalue weighted by atomic mass is 10.1. The molecule has 1 aliphatic heterocycles. The highest BCUT2D eigenvalue weighted by molar-refractivity contribution is 6.29. The van der Waals surface area contributed by atoms with Gasteiger partial charge in [0.2, 0.25) is 5.91 Å². The van der Waals surface area contributed by atoms with E-state index in [2.05, 4.69) is 15.0 Å². The van der Waals surface area contributed by atoms with Crippen molar-refractivity contribution in [2.75, 3.05) is 20.2 Å². The largest absolute Gasteiger partial charge is 0.469 e. The molecule has 0 bridgehead atoms. The predicted molar refractivity (Wildman–Crippen MR) is 73.1 cm³/mol. The van der Waals surface area contributed by atoms with E-state index < -0.39 is 12.0 Å². The van der Waals surface area contributed by atoms with E-state index in [-0.39, 0.29) is 12.3 Å². The number of aromatic nitrogens is 1. The molecule has 108 valence electrons. The third-order valence-corrected chi connectivity index (χ3v) is 3.43. The lowest BCUT2D eigenvalue weighted by Gasteiger charge is -2.34. The fourth-order valence-electron chi connectivity index (χ4n) is 2.15. The summed E-state index contributed by atoms with van der Waals surface area (Å²) in [6.45, 7) is 1.78. The Bertz CT molecular complexity index is 492. The van der Waals surface area contributed by atoms with Crippen LogP contribution in [0.2, 0.25) is 5.15 Å². The van der Waals surface area contributed by atoms with Crippen LogP contribution in [0, 0.1) is 0 Å². The van der Waals surface area contributed by atoms with Crippen molar-refractivity contribution >= 4 is 23.5 Å². The van der Waals surface area contributed by atoms with E-state index in [1.54, 1.807) is 12.3 Å². The minimum absolute atomic E-state index is 0.0450. The number of esters is 1. The SMILES string of the molecule is COC(=O)CC1C(=O)NCCN1Cc1ccc(Cl)nc1. The molecular formula is C13H16ClN3O3. The quantitative estimate of drug-likeness (QED) is 0.651. The highest BCUT2D eigenvalue weighted by atomic mass is 35.5. The van der Waals surface area contributed by atoms with Crippen LogP contribution in [0.3, 0.4) is 0 Å². The summed E-state index contributed by atoms with van der Waals surface area (Å²) in [6.07, 6.45) is 1.72. The molecule has 1 amide bonds. The number of halogens is 1. The van der Waals surface area contributed by atoms with Gasteiger partial charge >= 0.3 is 5.97 Å². The van der Waals surface area contributed by atoms with Crippen molar-refractivity contribution in [1.82, 2.24) is 15.2 Å². The minimum Gasteiger partial charge on any atom is -0.469 e. The topological polar surface area (TPSA) is 71.5 Å². The van der Waals surface area contributed by atoms with Crippen LogP contribution < -0.4 is 5.32 Å². The molecule has 7 heteroatoms. The second kappa shape index (κ2) is 6.67. The number of ether oxygens (including phenoxy) is 1. The van der Waals surface area contributed by atoms with E-state index in [9.17, 15) is 9.59 Å². The summed E-state index contributed by atoms with van der Waals surface area (Å²) < 4.78 is 4.64. The van der Waals surface area contributed by atoms with E-state index in [1.807, 2.05) is 11.0 Å². The van der Waals surface area contributed by atoms with Crippen molar-refractivity contribution in [2.24, 2.45) is 0 Å². The average molecular weight is 298 g/mol. The van der Waals surface area contributed by atoms with Gasteiger partial charge in [-0.15, -0.1) is 0 Å². The Morgan fingerprint density at radius 2 is 2.40 bits per heavy atom. The fraction of sp³-hybridized carbons (Fsp3) is 0.462. The van der Waals surface area contributed by atoms with E-state index in [0.717, 1.165) is 5.56 Å². The van der Waals surface area contributed by atoms with Gasteiger partial charge in [-0.25, -0.2) is 4.98 Å². The normalized spacial score (nSPS) is 19.5. The van der Waals surface area contributed by atoms with E-state index in [0.29, 0.717) is 24.8 Å². The van der Waals surface area contributed by atoms with Gasteiger partial charge in [-0.3, -0.25) is 14.5 Å². The maximum Gasteiger partial charge on any atom is 0.307 e. The number of pyridine rings is 1. The summed E-state index contributed by atoms with van der Waals surface area (Å²) in [4.78, 5) is 29.3. The van der Waals surface area contributed by atoms with Crippen molar-refractivity contribution in [3.05, 3.63) is 29.0 Å². The van der Waals surface area contributed by atoms with E-state index >= 15 is 0 Å². The molecule has 0 saturated carbocycles. The lowest BCUT2D eigenvalue weighted by molar-refractivity contribution is -0.146. The van der Waals surface area contributed by atoms with Crippen LogP contribution in [0.5, 0.6) is 0 Å². The first-order valence-electron chi connectivity index (χ1n) is 6.29. The maximum atomic E-state index is 11.9. The number of piperazine rings is 1. The van der Waals surface area contributed by atoms with Gasteiger partial charge in [-0.2, -0.15) is 0 Å². The highest BCUT2D eigenvalue weighted by Crippen LogP contribution is 2.15. The highest BCUT2D eigenvalue weighted by Gasteiger charge is 2.31. The molecule has 1 fully saturated rings. The smallest absolute Gasteiger partial charge is 0.307 e. The van der Waals surface area contributed by atoms with Crippen LogP contribution in [-0.4, -0.2) is 48.0 Å². The second-order valence-corrected chi connectivity index (χ2v) is 4.93. The Hall–Kier alpha value is -1.66. The molecular weight excluding hydrogens is 282 g/mol. The molecule has 6 nitrogen and oxygen atoms in total. The Labute approximate surface area is 122 Å². The van der Waals surface area contributed by atoms with Crippen LogP contribution in [0.1, 0.15) is 12.0 Å². The van der Waals surface area contributed by atoms with Gasteiger partial charge in [0, 0.05) is 25.8 Å². The molecule has 1 saturated heterocycles. The molecule has 1 atom stereocenters. The maximum absolute atomic E-state index is 11.9. The zero-order chi connectivity index (χ0) is 14.5. The molecule has 0 spiro atoms. The van der Waals surface area contributed by atoms with Crippen LogP contribution in [0.15, 0.2) is 18.3 Å². The van der Waals surface area contributed by atoms with Gasteiger partial charge in [-0.05, 0) is 11.6 Å². The summed E-state index contributed by atoms with van der Waals surface area (Å²) >= 11 is 5.74. The van der Waals surface area contributed by atoms with Crippen molar-refractivity contribution in [3.8, 4) is 0 Å². The van der Waals surface area contributed by atoms with Crippen molar-refractivity contribution in [1.29, 1.82) is 0 Å². The number of carbonyl (C=O) groups excluding carboxylic acids is 2. The van der Waals surface area contributed by atoms with Gasteiger partial charge in [0.15, 0.2) is 0 Å². The number of methoxy groups -OCH3 is 1. The Kier molecular flexibility index (Phi) is 4.92. The molecule has 1 N–H and O–H groups in total. The summed E-state index contributed by atoms with van der Waals surface area (Å²) in [5.74, 6) is -0.546. The number of nitrogens with zero attached hydrogens (tertiary/aromatic N) is 2. The molecule has 0 aliphatic carbocycles. The molecule has 0 radical (unpaired) electrons. The van der Waals surface area contributed by atoms with Crippen molar-refractivity contribution in [2.45, 2.75) is 19.0 Å². The first-order chi connectivity index (χ1) is 9.60. The lowest BCUT2D eigenvalue weighted by Crippen LogP contribution is -2.55. The monoisotopic (exact) mass is 297 g/mol. The van der Waals surface area contributed by atoms with Gasteiger partial charge in [-0.1, -0.05) is 17.7 Å². The molecule has 1 aliphatic rings. The van der Waals surface area contributed by atoms with Crippen LogP contribution in [0.4, 0.5) is 0 Å². The first kappa shape index (κ1) is 14.7. The summed E-state index contributed by atoms with van der Waals surface area (Å²) in [6, 6.07) is 3.06. The molecule has 1 aromatic rings. The number of amides is 1. The average Bonchev–Trinajstić information content (AvgIpc) is 2.45. The van der Waals surface area contributed by atoms with Crippen molar-refractivity contribution in [3.63, 3.8) is 0 Å². The minimum atomic E-state index is -0.508. The second-order valence-electron chi connectivity index (χ2n) is 4.55. The molecule has 1 unspecified atom stereocenters. The molecule has 2 rings (SSSR count).